The van der Waals surface area contributed by atoms with E-state index in [1.54, 1.807) is 16.3 Å². The van der Waals surface area contributed by atoms with E-state index in [1.165, 1.54) is 5.39 Å². The molecule has 0 radical (unpaired) electrons. The number of benzene rings is 1. The highest BCUT2D eigenvalue weighted by molar-refractivity contribution is 7.98. The third-order valence-electron chi connectivity index (χ3n) is 3.06. The van der Waals surface area contributed by atoms with Crippen molar-refractivity contribution in [3.8, 4) is 0 Å². The van der Waals surface area contributed by atoms with E-state index in [0.29, 0.717) is 0 Å². The third-order valence-corrected chi connectivity index (χ3v) is 3.68. The summed E-state index contributed by atoms with van der Waals surface area (Å²) in [6.45, 7) is 5.95. The van der Waals surface area contributed by atoms with Gasteiger partial charge in [0.25, 0.3) is 0 Å². The topological polar surface area (TPSA) is 56.0 Å². The Morgan fingerprint density at radius 3 is 2.42 bits per heavy atom. The van der Waals surface area contributed by atoms with Gasteiger partial charge in [0, 0.05) is 11.6 Å². The molecule has 0 atom stereocenters. The zero-order chi connectivity index (χ0) is 17.4. The van der Waals surface area contributed by atoms with Gasteiger partial charge in [0.05, 0.1) is 11.2 Å². The Morgan fingerprint density at radius 1 is 0.917 bits per heavy atom. The molecule has 24 heavy (non-hydrogen) atoms. The van der Waals surface area contributed by atoms with Crippen molar-refractivity contribution in [3.63, 3.8) is 0 Å². The SMILES string of the molecule is CC.CSc1nnc2ccc(C)nn12.c1ccc2ncccc2c1. The summed E-state index contributed by atoms with van der Waals surface area (Å²) in [6, 6.07) is 15.9. The van der Waals surface area contributed by atoms with E-state index in [4.69, 9.17) is 0 Å². The van der Waals surface area contributed by atoms with Gasteiger partial charge < -0.3 is 0 Å². The number of hydrogen-bond donors (Lipinski definition) is 0. The van der Waals surface area contributed by atoms with Gasteiger partial charge in [-0.25, -0.2) is 0 Å². The largest absolute Gasteiger partial charge is 0.256 e. The van der Waals surface area contributed by atoms with E-state index in [9.17, 15) is 0 Å². The third kappa shape index (κ3) is 4.29. The second-order valence-electron chi connectivity index (χ2n) is 4.63. The van der Waals surface area contributed by atoms with E-state index >= 15 is 0 Å². The van der Waals surface area contributed by atoms with Gasteiger partial charge in [0.15, 0.2) is 5.65 Å². The van der Waals surface area contributed by atoms with Crippen LogP contribution in [0.4, 0.5) is 0 Å². The van der Waals surface area contributed by atoms with Crippen molar-refractivity contribution >= 4 is 28.3 Å². The van der Waals surface area contributed by atoms with Crippen LogP contribution in [0.25, 0.3) is 16.6 Å². The van der Waals surface area contributed by atoms with E-state index in [0.717, 1.165) is 22.0 Å². The van der Waals surface area contributed by atoms with Crippen molar-refractivity contribution < 1.29 is 0 Å². The highest BCUT2D eigenvalue weighted by atomic mass is 32.2. The van der Waals surface area contributed by atoms with Crippen LogP contribution in [-0.4, -0.2) is 31.1 Å². The quantitative estimate of drug-likeness (QED) is 0.481. The molecule has 0 bridgehead atoms. The second kappa shape index (κ2) is 8.98. The Labute approximate surface area is 146 Å². The summed E-state index contributed by atoms with van der Waals surface area (Å²) in [4.78, 5) is 4.18. The molecule has 0 spiro atoms. The summed E-state index contributed by atoms with van der Waals surface area (Å²) in [5, 5.41) is 14.2. The molecule has 5 nitrogen and oxygen atoms in total. The van der Waals surface area contributed by atoms with Crippen LogP contribution >= 0.6 is 11.8 Å². The van der Waals surface area contributed by atoms with Gasteiger partial charge in [-0.15, -0.1) is 10.2 Å². The molecule has 3 heterocycles. The molecule has 0 aliphatic carbocycles. The normalized spacial score (nSPS) is 9.83. The number of nitrogens with zero attached hydrogens (tertiary/aromatic N) is 5. The standard InChI is InChI=1S/C9H7N.C7H8N4S.C2H6/c1-2-6-9-8(4-1)5-3-7-10-9;1-5-3-4-6-8-9-7(12-2)11(6)10-5;1-2/h1-7H;3-4H,1-2H3;1-2H3. The maximum atomic E-state index is 4.28. The minimum absolute atomic E-state index is 0.796. The molecule has 4 aromatic rings. The van der Waals surface area contributed by atoms with Crippen LogP contribution in [0, 0.1) is 6.92 Å². The van der Waals surface area contributed by atoms with Crippen LogP contribution < -0.4 is 0 Å². The van der Waals surface area contributed by atoms with Crippen molar-refractivity contribution in [1.82, 2.24) is 24.8 Å². The van der Waals surface area contributed by atoms with Gasteiger partial charge in [-0.05, 0) is 37.4 Å². The number of aryl methyl sites for hydroxylation is 1. The van der Waals surface area contributed by atoms with Crippen LogP contribution in [0.3, 0.4) is 0 Å². The fourth-order valence-electron chi connectivity index (χ4n) is 2.00. The molecule has 0 saturated carbocycles. The predicted molar refractivity (Wildman–Crippen MR) is 100 cm³/mol. The molecule has 0 aliphatic heterocycles. The first-order valence-electron chi connectivity index (χ1n) is 7.81. The molecule has 6 heteroatoms. The Hall–Kier alpha value is -2.47. The molecule has 3 aromatic heterocycles. The van der Waals surface area contributed by atoms with Crippen LogP contribution in [0.2, 0.25) is 0 Å². The highest BCUT2D eigenvalue weighted by Gasteiger charge is 2.03. The van der Waals surface area contributed by atoms with Crippen molar-refractivity contribution in [2.45, 2.75) is 25.9 Å². The molecule has 0 fully saturated rings. The van der Waals surface area contributed by atoms with E-state index < -0.39 is 0 Å². The fraction of sp³-hybridized carbons (Fsp3) is 0.222. The Bertz CT molecular complexity index is 839. The van der Waals surface area contributed by atoms with Gasteiger partial charge in [-0.2, -0.15) is 9.61 Å². The number of rotatable bonds is 1. The first-order valence-corrected chi connectivity index (χ1v) is 9.03. The van der Waals surface area contributed by atoms with Crippen molar-refractivity contribution in [1.29, 1.82) is 0 Å². The summed E-state index contributed by atoms with van der Waals surface area (Å²) < 4.78 is 1.75. The smallest absolute Gasteiger partial charge is 0.212 e. The number of hydrogen-bond acceptors (Lipinski definition) is 5. The average molecular weight is 339 g/mol. The van der Waals surface area contributed by atoms with E-state index in [-0.39, 0.29) is 0 Å². The second-order valence-corrected chi connectivity index (χ2v) is 5.40. The van der Waals surface area contributed by atoms with E-state index in [1.807, 2.05) is 69.6 Å². The molecule has 0 N–H and O–H groups in total. The number of para-hydroxylation sites is 1. The van der Waals surface area contributed by atoms with E-state index in [2.05, 4.69) is 32.4 Å². The maximum absolute atomic E-state index is 4.28. The predicted octanol–water partition coefficient (Wildman–Crippen LogP) is 4.42. The van der Waals surface area contributed by atoms with Crippen molar-refractivity contribution in [2.24, 2.45) is 0 Å². The summed E-state index contributed by atoms with van der Waals surface area (Å²) in [6.07, 6.45) is 3.77. The lowest BCUT2D eigenvalue weighted by molar-refractivity contribution is 0.793. The fourth-order valence-corrected chi connectivity index (χ4v) is 2.43. The number of aromatic nitrogens is 5. The molecule has 124 valence electrons. The number of pyridine rings is 1. The number of fused-ring (bicyclic) bond motifs is 2. The van der Waals surface area contributed by atoms with Crippen molar-refractivity contribution in [2.75, 3.05) is 6.26 Å². The molecular formula is C18H21N5S. The molecule has 1 aromatic carbocycles. The van der Waals surface area contributed by atoms with Gasteiger partial charge in [-0.3, -0.25) is 4.98 Å². The lowest BCUT2D eigenvalue weighted by Crippen LogP contribution is -1.94. The van der Waals surface area contributed by atoms with Crippen LogP contribution in [0.1, 0.15) is 19.5 Å². The Morgan fingerprint density at radius 2 is 1.67 bits per heavy atom. The van der Waals surface area contributed by atoms with Crippen LogP contribution in [-0.2, 0) is 0 Å². The molecule has 0 saturated heterocycles. The summed E-state index contributed by atoms with van der Waals surface area (Å²) in [5.74, 6) is 0. The van der Waals surface area contributed by atoms with Crippen LogP contribution in [0.5, 0.6) is 0 Å². The molecule has 4 rings (SSSR count). The van der Waals surface area contributed by atoms with Crippen molar-refractivity contribution in [3.05, 3.63) is 60.4 Å². The van der Waals surface area contributed by atoms with Gasteiger partial charge in [0.1, 0.15) is 0 Å². The Balaban J connectivity index is 0.000000160. The van der Waals surface area contributed by atoms with Gasteiger partial charge in [0.2, 0.25) is 5.16 Å². The highest BCUT2D eigenvalue weighted by Crippen LogP contribution is 2.11. The summed E-state index contributed by atoms with van der Waals surface area (Å²) >= 11 is 1.54. The lowest BCUT2D eigenvalue weighted by Gasteiger charge is -1.94. The summed E-state index contributed by atoms with van der Waals surface area (Å²) in [5.41, 5.74) is 2.83. The minimum Gasteiger partial charge on any atom is -0.256 e. The average Bonchev–Trinajstić information content (AvgIpc) is 3.06. The van der Waals surface area contributed by atoms with Gasteiger partial charge >= 0.3 is 0 Å². The zero-order valence-corrected chi connectivity index (χ0v) is 15.2. The zero-order valence-electron chi connectivity index (χ0n) is 14.3. The summed E-state index contributed by atoms with van der Waals surface area (Å²) in [7, 11) is 0. The van der Waals surface area contributed by atoms with Crippen LogP contribution in [0.15, 0.2) is 59.9 Å². The minimum atomic E-state index is 0.796. The molecular weight excluding hydrogens is 318 g/mol. The number of thioether (sulfide) groups is 1. The molecule has 0 aliphatic rings. The molecule has 0 amide bonds. The monoisotopic (exact) mass is 339 g/mol. The first kappa shape index (κ1) is 17.9. The first-order chi connectivity index (χ1) is 11.8. The lowest BCUT2D eigenvalue weighted by atomic mass is 10.2. The van der Waals surface area contributed by atoms with Gasteiger partial charge in [-0.1, -0.05) is 49.9 Å². The Kier molecular flexibility index (Phi) is 6.69. The molecule has 0 unspecified atom stereocenters. The maximum Gasteiger partial charge on any atom is 0.212 e.